The van der Waals surface area contributed by atoms with E-state index in [0.29, 0.717) is 5.75 Å². The molecule has 1 aromatic heterocycles. The van der Waals surface area contributed by atoms with E-state index in [0.717, 1.165) is 12.2 Å². The number of hydrogen-bond acceptors (Lipinski definition) is 4. The van der Waals surface area contributed by atoms with Crippen LogP contribution in [0.25, 0.3) is 0 Å². The molecule has 1 amide bonds. The highest BCUT2D eigenvalue weighted by atomic mass is 16.5. The van der Waals surface area contributed by atoms with Crippen molar-refractivity contribution in [2.45, 2.75) is 13.5 Å². The fourth-order valence-electron chi connectivity index (χ4n) is 1.09. The van der Waals surface area contributed by atoms with Gasteiger partial charge in [-0.3, -0.25) is 9.78 Å². The van der Waals surface area contributed by atoms with Crippen LogP contribution in [-0.4, -0.2) is 24.5 Å². The van der Waals surface area contributed by atoms with Gasteiger partial charge in [0.1, 0.15) is 5.75 Å². The van der Waals surface area contributed by atoms with Crippen molar-refractivity contribution in [3.63, 3.8) is 0 Å². The van der Waals surface area contributed by atoms with Gasteiger partial charge >= 0.3 is 0 Å². The van der Waals surface area contributed by atoms with E-state index in [-0.39, 0.29) is 18.4 Å². The Morgan fingerprint density at radius 1 is 1.62 bits per heavy atom. The molecule has 5 heteroatoms. The molecule has 5 nitrogen and oxygen atoms in total. The van der Waals surface area contributed by atoms with Crippen molar-refractivity contribution in [1.29, 1.82) is 0 Å². The number of nitrogens with two attached hydrogens (primary N) is 1. The first-order chi connectivity index (χ1) is 7.63. The van der Waals surface area contributed by atoms with E-state index in [1.807, 2.05) is 19.2 Å². The molecule has 0 saturated heterocycles. The van der Waals surface area contributed by atoms with Gasteiger partial charge < -0.3 is 15.8 Å². The zero-order valence-corrected chi connectivity index (χ0v) is 9.56. The quantitative estimate of drug-likeness (QED) is 0.727. The summed E-state index contributed by atoms with van der Waals surface area (Å²) in [5.41, 5.74) is 6.06. The Balaban J connectivity index is 2.46. The van der Waals surface area contributed by atoms with E-state index in [2.05, 4.69) is 10.3 Å². The van der Waals surface area contributed by atoms with E-state index in [9.17, 15) is 4.79 Å². The fourth-order valence-corrected chi connectivity index (χ4v) is 1.09. The maximum atomic E-state index is 10.8. The minimum Gasteiger partial charge on any atom is -0.491 e. The first kappa shape index (κ1) is 12.4. The van der Waals surface area contributed by atoms with Crippen molar-refractivity contribution in [2.24, 2.45) is 11.7 Å². The number of rotatable bonds is 6. The second-order valence-corrected chi connectivity index (χ2v) is 3.63. The molecular formula is C11H17N3O2. The lowest BCUT2D eigenvalue weighted by Crippen LogP contribution is -2.25. The molecule has 1 rings (SSSR count). The van der Waals surface area contributed by atoms with E-state index in [1.165, 1.54) is 0 Å². The van der Waals surface area contributed by atoms with Crippen LogP contribution in [0.4, 0.5) is 0 Å². The van der Waals surface area contributed by atoms with Crippen LogP contribution in [0.15, 0.2) is 18.3 Å². The van der Waals surface area contributed by atoms with Gasteiger partial charge in [-0.05, 0) is 19.2 Å². The smallest absolute Gasteiger partial charge is 0.223 e. The second kappa shape index (κ2) is 6.07. The number of primary amides is 1. The summed E-state index contributed by atoms with van der Waals surface area (Å²) in [6, 6.07) is 3.70. The molecule has 0 radical (unpaired) electrons. The Hall–Kier alpha value is -1.62. The first-order valence-electron chi connectivity index (χ1n) is 5.15. The lowest BCUT2D eigenvalue weighted by atomic mass is 10.2. The SMILES string of the molecule is CNCc1ccc(OCC(C)C(N)=O)cn1. The third-order valence-corrected chi connectivity index (χ3v) is 2.14. The Morgan fingerprint density at radius 3 is 2.88 bits per heavy atom. The molecule has 0 saturated carbocycles. The van der Waals surface area contributed by atoms with Crippen molar-refractivity contribution in [1.82, 2.24) is 10.3 Å². The van der Waals surface area contributed by atoms with Gasteiger partial charge in [0.15, 0.2) is 0 Å². The molecule has 0 aliphatic carbocycles. The van der Waals surface area contributed by atoms with Gasteiger partial charge in [0.2, 0.25) is 5.91 Å². The monoisotopic (exact) mass is 223 g/mol. The van der Waals surface area contributed by atoms with Gasteiger partial charge in [-0.1, -0.05) is 6.92 Å². The lowest BCUT2D eigenvalue weighted by molar-refractivity contribution is -0.122. The summed E-state index contributed by atoms with van der Waals surface area (Å²) in [6.07, 6.45) is 1.64. The summed E-state index contributed by atoms with van der Waals surface area (Å²) >= 11 is 0. The van der Waals surface area contributed by atoms with Gasteiger partial charge in [0.25, 0.3) is 0 Å². The van der Waals surface area contributed by atoms with Crippen LogP contribution in [0.5, 0.6) is 5.75 Å². The van der Waals surface area contributed by atoms with Gasteiger partial charge in [0.05, 0.1) is 24.4 Å². The highest BCUT2D eigenvalue weighted by Gasteiger charge is 2.09. The zero-order chi connectivity index (χ0) is 12.0. The Bertz CT molecular complexity index is 338. The molecule has 0 fully saturated rings. The molecule has 1 atom stereocenters. The topological polar surface area (TPSA) is 77.2 Å². The van der Waals surface area contributed by atoms with Crippen LogP contribution >= 0.6 is 0 Å². The highest BCUT2D eigenvalue weighted by Crippen LogP contribution is 2.10. The predicted octanol–water partition coefficient (Wildman–Crippen LogP) is 0.301. The minimum absolute atomic E-state index is 0.280. The average molecular weight is 223 g/mol. The summed E-state index contributed by atoms with van der Waals surface area (Å²) < 4.78 is 5.38. The number of amides is 1. The first-order valence-corrected chi connectivity index (χ1v) is 5.15. The number of aromatic nitrogens is 1. The maximum Gasteiger partial charge on any atom is 0.223 e. The number of pyridine rings is 1. The molecule has 1 heterocycles. The van der Waals surface area contributed by atoms with E-state index >= 15 is 0 Å². The Kier molecular flexibility index (Phi) is 4.72. The van der Waals surface area contributed by atoms with Crippen molar-refractivity contribution in [3.05, 3.63) is 24.0 Å². The summed E-state index contributed by atoms with van der Waals surface area (Å²) in [7, 11) is 1.86. The average Bonchev–Trinajstić information content (AvgIpc) is 2.28. The summed E-state index contributed by atoms with van der Waals surface area (Å²) in [5.74, 6) is -0.00954. The number of nitrogens with zero attached hydrogens (tertiary/aromatic N) is 1. The Morgan fingerprint density at radius 2 is 2.38 bits per heavy atom. The van der Waals surface area contributed by atoms with E-state index in [4.69, 9.17) is 10.5 Å². The highest BCUT2D eigenvalue weighted by molar-refractivity contribution is 5.76. The van der Waals surface area contributed by atoms with Crippen LogP contribution in [0.3, 0.4) is 0 Å². The standard InChI is InChI=1S/C11H17N3O2/c1-8(11(12)15)7-16-10-4-3-9(5-13-2)14-6-10/h3-4,6,8,13H,5,7H2,1-2H3,(H2,12,15). The fraction of sp³-hybridized carbons (Fsp3) is 0.455. The molecular weight excluding hydrogens is 206 g/mol. The minimum atomic E-state index is -0.361. The van der Waals surface area contributed by atoms with Gasteiger partial charge in [0, 0.05) is 6.54 Å². The van der Waals surface area contributed by atoms with Crippen LogP contribution in [0.1, 0.15) is 12.6 Å². The molecule has 16 heavy (non-hydrogen) atoms. The van der Waals surface area contributed by atoms with Gasteiger partial charge in [-0.25, -0.2) is 0 Å². The van der Waals surface area contributed by atoms with Crippen molar-refractivity contribution >= 4 is 5.91 Å². The molecule has 0 aliphatic heterocycles. The predicted molar refractivity (Wildman–Crippen MR) is 60.9 cm³/mol. The van der Waals surface area contributed by atoms with Crippen LogP contribution in [-0.2, 0) is 11.3 Å². The van der Waals surface area contributed by atoms with Crippen LogP contribution in [0.2, 0.25) is 0 Å². The number of nitrogens with one attached hydrogen (secondary N) is 1. The number of carbonyl (C=O) groups is 1. The molecule has 0 bridgehead atoms. The molecule has 0 aliphatic rings. The summed E-state index contributed by atoms with van der Waals surface area (Å²) in [4.78, 5) is 15.0. The molecule has 0 aromatic carbocycles. The normalized spacial score (nSPS) is 12.1. The van der Waals surface area contributed by atoms with E-state index < -0.39 is 0 Å². The second-order valence-electron chi connectivity index (χ2n) is 3.63. The van der Waals surface area contributed by atoms with Gasteiger partial charge in [-0.15, -0.1) is 0 Å². The van der Waals surface area contributed by atoms with Crippen molar-refractivity contribution in [3.8, 4) is 5.75 Å². The number of ether oxygens (including phenoxy) is 1. The van der Waals surface area contributed by atoms with Crippen molar-refractivity contribution < 1.29 is 9.53 Å². The third kappa shape index (κ3) is 3.86. The maximum absolute atomic E-state index is 10.8. The van der Waals surface area contributed by atoms with Gasteiger partial charge in [-0.2, -0.15) is 0 Å². The third-order valence-electron chi connectivity index (χ3n) is 2.14. The van der Waals surface area contributed by atoms with Crippen molar-refractivity contribution in [2.75, 3.05) is 13.7 Å². The van der Waals surface area contributed by atoms with Crippen LogP contribution < -0.4 is 15.8 Å². The number of carbonyl (C=O) groups excluding carboxylic acids is 1. The molecule has 88 valence electrons. The largest absolute Gasteiger partial charge is 0.491 e. The molecule has 1 aromatic rings. The Labute approximate surface area is 95.0 Å². The lowest BCUT2D eigenvalue weighted by Gasteiger charge is -2.09. The zero-order valence-electron chi connectivity index (χ0n) is 9.56. The molecule has 3 N–H and O–H groups in total. The molecule has 1 unspecified atom stereocenters. The summed E-state index contributed by atoms with van der Waals surface area (Å²) in [6.45, 7) is 2.73. The van der Waals surface area contributed by atoms with E-state index in [1.54, 1.807) is 13.1 Å². The van der Waals surface area contributed by atoms with Crippen LogP contribution in [0, 0.1) is 5.92 Å². The number of hydrogen-bond donors (Lipinski definition) is 2. The molecule has 0 spiro atoms. The summed E-state index contributed by atoms with van der Waals surface area (Å²) in [5, 5.41) is 3.00.